The molecule has 0 radical (unpaired) electrons. The van der Waals surface area contributed by atoms with E-state index in [9.17, 15) is 53.1 Å². The van der Waals surface area contributed by atoms with Crippen LogP contribution in [-0.2, 0) is 54.4 Å². The van der Waals surface area contributed by atoms with E-state index in [1.54, 1.807) is 30.3 Å². The fourth-order valence-corrected chi connectivity index (χ4v) is 9.90. The highest BCUT2D eigenvalue weighted by Crippen LogP contribution is 2.26. The molecule has 9 amide bonds. The lowest BCUT2D eigenvalue weighted by Gasteiger charge is -2.32. The van der Waals surface area contributed by atoms with E-state index in [4.69, 9.17) is 28.7 Å². The van der Waals surface area contributed by atoms with Gasteiger partial charge in [-0.05, 0) is 95.5 Å². The molecule has 4 aliphatic rings. The molecule has 8 atom stereocenters. The van der Waals surface area contributed by atoms with E-state index in [1.165, 1.54) is 14.7 Å². The highest BCUT2D eigenvalue weighted by molar-refractivity contribution is 5.98. The molecule has 0 bridgehead atoms. The first-order valence-corrected chi connectivity index (χ1v) is 26.1. The molecule has 0 saturated carbocycles. The summed E-state index contributed by atoms with van der Waals surface area (Å²) in [6.07, 6.45) is 3.76. The van der Waals surface area contributed by atoms with Gasteiger partial charge in [-0.3, -0.25) is 53.1 Å². The summed E-state index contributed by atoms with van der Waals surface area (Å²) in [5.41, 5.74) is 28.3. The fourth-order valence-electron chi connectivity index (χ4n) is 9.90. The van der Waals surface area contributed by atoms with Gasteiger partial charge in [0.25, 0.3) is 0 Å². The highest BCUT2D eigenvalue weighted by atomic mass is 16.4. The minimum Gasteiger partial charge on any atom is -0.480 e. The van der Waals surface area contributed by atoms with E-state index < -0.39 is 108 Å². The Bertz CT molecular complexity index is 2300. The van der Waals surface area contributed by atoms with Gasteiger partial charge < -0.3 is 80.4 Å². The van der Waals surface area contributed by atoms with Crippen LogP contribution in [0.3, 0.4) is 0 Å². The predicted molar refractivity (Wildman–Crippen MR) is 277 cm³/mol. The lowest BCUT2D eigenvalue weighted by atomic mass is 10.0. The normalized spacial score (nSPS) is 22.5. The van der Waals surface area contributed by atoms with Crippen molar-refractivity contribution >= 4 is 71.1 Å². The molecule has 418 valence electrons. The molecule has 5 rings (SSSR count). The summed E-state index contributed by atoms with van der Waals surface area (Å²) in [5, 5.41) is 25.9. The van der Waals surface area contributed by atoms with E-state index in [2.05, 4.69) is 41.9 Å². The van der Waals surface area contributed by atoms with Gasteiger partial charge in [0.2, 0.25) is 53.2 Å². The quantitative estimate of drug-likeness (QED) is 0.0316. The molecule has 0 spiro atoms. The van der Waals surface area contributed by atoms with Crippen molar-refractivity contribution in [2.75, 3.05) is 45.8 Å². The number of carbonyl (C=O) groups is 10. The largest absolute Gasteiger partial charge is 0.480 e. The van der Waals surface area contributed by atoms with Crippen LogP contribution in [0.1, 0.15) is 102 Å². The second-order valence-corrected chi connectivity index (χ2v) is 19.5. The summed E-state index contributed by atoms with van der Waals surface area (Å²) >= 11 is 0. The maximum atomic E-state index is 14.5. The maximum Gasteiger partial charge on any atom is 0.326 e. The zero-order chi connectivity index (χ0) is 55.3. The Labute approximate surface area is 441 Å². The van der Waals surface area contributed by atoms with Gasteiger partial charge in [0, 0.05) is 52.1 Å². The lowest BCUT2D eigenvalue weighted by Crippen LogP contribution is -2.59. The molecule has 27 heteroatoms. The average molecular weight is 1070 g/mol. The number of rotatable bonds is 21. The third-order valence-electron chi connectivity index (χ3n) is 13.8. The zero-order valence-electron chi connectivity index (χ0n) is 42.9. The van der Waals surface area contributed by atoms with Crippen molar-refractivity contribution in [3.05, 3.63) is 35.9 Å². The number of hydrogen-bond acceptors (Lipinski definition) is 13. The summed E-state index contributed by atoms with van der Waals surface area (Å²) in [6, 6.07) is -0.171. The summed E-state index contributed by atoms with van der Waals surface area (Å²) in [5.74, 6) is -7.00. The van der Waals surface area contributed by atoms with Gasteiger partial charge in [0.1, 0.15) is 42.3 Å². The van der Waals surface area contributed by atoms with Crippen LogP contribution in [0.25, 0.3) is 0 Å². The fraction of sp³-hybridized carbons (Fsp3) is 0.633. The number of amides is 9. The van der Waals surface area contributed by atoms with Crippen LogP contribution in [0.5, 0.6) is 0 Å². The molecular formula is C49H76N16O11. The Balaban J connectivity index is 1.25. The topological polar surface area (TPSA) is 428 Å². The van der Waals surface area contributed by atoms with E-state index >= 15 is 0 Å². The molecule has 0 unspecified atom stereocenters. The summed E-state index contributed by atoms with van der Waals surface area (Å²) < 4.78 is 0. The average Bonchev–Trinajstić information content (AvgIpc) is 4.20. The maximum absolute atomic E-state index is 14.5. The number of hydrogen-bond donors (Lipinski definition) is 12. The Kier molecular flexibility index (Phi) is 23.0. The predicted octanol–water partition coefficient (Wildman–Crippen LogP) is -4.14. The van der Waals surface area contributed by atoms with Gasteiger partial charge in [-0.15, -0.1) is 0 Å². The second kappa shape index (κ2) is 29.5. The summed E-state index contributed by atoms with van der Waals surface area (Å²) in [6.45, 7) is 0.706. The van der Waals surface area contributed by atoms with Gasteiger partial charge in [-0.25, -0.2) is 4.79 Å². The van der Waals surface area contributed by atoms with E-state index in [0.29, 0.717) is 76.4 Å². The molecule has 4 fully saturated rings. The third-order valence-corrected chi connectivity index (χ3v) is 13.8. The molecule has 76 heavy (non-hydrogen) atoms. The third kappa shape index (κ3) is 17.8. The van der Waals surface area contributed by atoms with Crippen molar-refractivity contribution in [3.8, 4) is 0 Å². The molecule has 4 aliphatic heterocycles. The molecule has 4 saturated heterocycles. The lowest BCUT2D eigenvalue weighted by molar-refractivity contribution is -0.147. The Hall–Kier alpha value is -7.58. The van der Waals surface area contributed by atoms with E-state index in [-0.39, 0.29) is 89.0 Å². The van der Waals surface area contributed by atoms with Crippen LogP contribution >= 0.6 is 0 Å². The van der Waals surface area contributed by atoms with Crippen molar-refractivity contribution in [1.29, 1.82) is 0 Å². The molecule has 4 heterocycles. The summed E-state index contributed by atoms with van der Waals surface area (Å²) in [4.78, 5) is 148. The number of fused-ring (bicyclic) bond motifs is 1. The number of carbonyl (C=O) groups excluding carboxylic acids is 9. The number of aliphatic carboxylic acids is 1. The Morgan fingerprint density at radius 3 is 2.08 bits per heavy atom. The van der Waals surface area contributed by atoms with Crippen molar-refractivity contribution in [2.24, 2.45) is 38.7 Å². The number of aliphatic imine (C=N–C) groups is 2. The van der Waals surface area contributed by atoms with Crippen molar-refractivity contribution in [2.45, 2.75) is 151 Å². The van der Waals surface area contributed by atoms with Gasteiger partial charge >= 0.3 is 5.97 Å². The zero-order valence-corrected chi connectivity index (χ0v) is 42.9. The van der Waals surface area contributed by atoms with Crippen LogP contribution in [-0.4, -0.2) is 185 Å². The van der Waals surface area contributed by atoms with E-state index in [0.717, 1.165) is 0 Å². The van der Waals surface area contributed by atoms with E-state index in [1.807, 2.05) is 0 Å². The highest BCUT2D eigenvalue weighted by Gasteiger charge is 2.44. The SMILES string of the molecule is NC(N)=NCCC[C@H](NC(=O)[C@@H]1CCCCNC(=O)CC[C@H](NC(=O)[C@H](Cc2ccccc2)NC(=O)CNC(=O)[C@@H]2CCCN2C(=O)[C@@H]2CCCN2C(=O)[C@@H](N)CCCN=C(N)N)C(=O)N2CCC[C@H]2C(=O)N1)C(=O)O. The van der Waals surface area contributed by atoms with Crippen molar-refractivity contribution in [1.82, 2.24) is 46.6 Å². The number of carboxylic acid groups (broad SMARTS) is 1. The first-order chi connectivity index (χ1) is 36.3. The smallest absolute Gasteiger partial charge is 0.326 e. The van der Waals surface area contributed by atoms with Crippen LogP contribution in [0.15, 0.2) is 40.3 Å². The molecule has 17 N–H and O–H groups in total. The number of benzene rings is 1. The minimum atomic E-state index is -1.36. The number of likely N-dealkylation sites (tertiary alicyclic amines) is 2. The van der Waals surface area contributed by atoms with Gasteiger partial charge in [-0.1, -0.05) is 30.3 Å². The van der Waals surface area contributed by atoms with Crippen LogP contribution in [0, 0.1) is 0 Å². The number of nitrogens with one attached hydrogen (secondary N) is 6. The Morgan fingerprint density at radius 1 is 0.737 bits per heavy atom. The molecular weight excluding hydrogens is 989 g/mol. The monoisotopic (exact) mass is 1060 g/mol. The van der Waals surface area contributed by atoms with Gasteiger partial charge in [0.15, 0.2) is 11.9 Å². The van der Waals surface area contributed by atoms with Crippen molar-refractivity contribution < 1.29 is 53.1 Å². The molecule has 27 nitrogen and oxygen atoms in total. The number of nitrogens with zero attached hydrogens (tertiary/aromatic N) is 5. The van der Waals surface area contributed by atoms with Crippen LogP contribution < -0.4 is 60.6 Å². The Morgan fingerprint density at radius 2 is 1.39 bits per heavy atom. The molecule has 1 aromatic rings. The molecule has 1 aromatic carbocycles. The van der Waals surface area contributed by atoms with Gasteiger partial charge in [-0.2, -0.15) is 0 Å². The summed E-state index contributed by atoms with van der Waals surface area (Å²) in [7, 11) is 0. The molecule has 0 aliphatic carbocycles. The molecule has 0 aromatic heterocycles. The van der Waals surface area contributed by atoms with Gasteiger partial charge in [0.05, 0.1) is 12.6 Å². The van der Waals surface area contributed by atoms with Crippen molar-refractivity contribution in [3.63, 3.8) is 0 Å². The standard InChI is InChI=1S/C49H76N16O11/c50-30(13-6-22-56-48(51)52)44(72)65-26-10-18-37(65)46(74)64-25-8-16-35(64)42(70)58-28-39(67)59-34(27-29-11-2-1-3-12-29)41(69)61-32-19-20-38(66)55-21-5-4-14-31(60-43(71)36-17-9-24-63(36)45(32)73)40(68)62-33(47(75)76)15-7-23-57-49(53)54/h1-3,11-12,30-37H,4-10,13-28,50H2,(H,55,66)(H,58,70)(H,59,67)(H,60,71)(H,61,69)(H,62,68)(H,75,76)(H4,51,52,56)(H4,53,54,57)/t30-,31-,32-,33-,34-,35-,36-,37-/m0/s1. The number of nitrogens with two attached hydrogens (primary N) is 5. The van der Waals surface area contributed by atoms with Crippen LogP contribution in [0.4, 0.5) is 0 Å². The number of guanidine groups is 2. The minimum absolute atomic E-state index is 0.00749. The number of carboxylic acids is 1. The first-order valence-electron chi connectivity index (χ1n) is 26.1. The second-order valence-electron chi connectivity index (χ2n) is 19.5. The van der Waals surface area contributed by atoms with Crippen LogP contribution in [0.2, 0.25) is 0 Å². The first kappa shape index (κ1) is 59.3.